The Hall–Kier alpha value is -0.120. The Labute approximate surface area is 92.6 Å². The minimum Gasteiger partial charge on any atom is -0.449 e. The summed E-state index contributed by atoms with van der Waals surface area (Å²) in [6, 6.07) is 3.64. The molecule has 1 aliphatic carbocycles. The first-order valence-electron chi connectivity index (χ1n) is 4.79. The summed E-state index contributed by atoms with van der Waals surface area (Å²) in [4.78, 5) is 0. The van der Waals surface area contributed by atoms with Gasteiger partial charge < -0.3 is 9.52 Å². The van der Waals surface area contributed by atoms with Gasteiger partial charge in [0.2, 0.25) is 0 Å². The standard InChI is InChI=1S/C10H13ClO2S/c11-10-5-4-7(13-10)6-14-9-3-1-2-8(9)12/h4-5,8-9,12H,1-3,6H2/t8-,9-/m0/s1. The molecule has 0 radical (unpaired) electrons. The third kappa shape index (κ3) is 2.47. The average Bonchev–Trinajstić information content (AvgIpc) is 2.72. The lowest BCUT2D eigenvalue weighted by molar-refractivity contribution is 0.188. The van der Waals surface area contributed by atoms with Gasteiger partial charge in [-0.2, -0.15) is 0 Å². The van der Waals surface area contributed by atoms with E-state index in [1.54, 1.807) is 17.8 Å². The number of halogens is 1. The predicted octanol–water partition coefficient (Wildman–Crippen LogP) is 3.08. The van der Waals surface area contributed by atoms with Crippen molar-refractivity contribution in [3.63, 3.8) is 0 Å². The van der Waals surface area contributed by atoms with Crippen LogP contribution in [0, 0.1) is 0 Å². The SMILES string of the molecule is O[C@H]1CCC[C@@H]1SCc1ccc(Cl)o1. The molecule has 0 aliphatic heterocycles. The highest BCUT2D eigenvalue weighted by molar-refractivity contribution is 7.99. The summed E-state index contributed by atoms with van der Waals surface area (Å²) >= 11 is 7.42. The Morgan fingerprint density at radius 2 is 2.36 bits per heavy atom. The molecular formula is C10H13ClO2S. The van der Waals surface area contributed by atoms with E-state index < -0.39 is 0 Å². The third-order valence-electron chi connectivity index (χ3n) is 2.49. The van der Waals surface area contributed by atoms with Crippen molar-refractivity contribution in [1.82, 2.24) is 0 Å². The highest BCUT2D eigenvalue weighted by atomic mass is 35.5. The van der Waals surface area contributed by atoms with Crippen molar-refractivity contribution in [2.45, 2.75) is 36.4 Å². The maximum absolute atomic E-state index is 9.59. The van der Waals surface area contributed by atoms with Crippen LogP contribution in [0.3, 0.4) is 0 Å². The molecule has 0 spiro atoms. The van der Waals surface area contributed by atoms with Gasteiger partial charge in [-0.1, -0.05) is 0 Å². The van der Waals surface area contributed by atoms with Gasteiger partial charge in [0.25, 0.3) is 0 Å². The van der Waals surface area contributed by atoms with Crippen LogP contribution in [0.4, 0.5) is 0 Å². The fraction of sp³-hybridized carbons (Fsp3) is 0.600. The summed E-state index contributed by atoms with van der Waals surface area (Å²) in [6.45, 7) is 0. The molecular weight excluding hydrogens is 220 g/mol. The van der Waals surface area contributed by atoms with Gasteiger partial charge in [-0.05, 0) is 43.0 Å². The molecule has 0 bridgehead atoms. The lowest BCUT2D eigenvalue weighted by atomic mass is 10.3. The topological polar surface area (TPSA) is 33.4 Å². The molecule has 2 nitrogen and oxygen atoms in total. The van der Waals surface area contributed by atoms with E-state index in [2.05, 4.69) is 0 Å². The number of aliphatic hydroxyl groups excluding tert-OH is 1. The zero-order valence-corrected chi connectivity index (χ0v) is 9.35. The van der Waals surface area contributed by atoms with E-state index in [1.807, 2.05) is 6.07 Å². The maximum Gasteiger partial charge on any atom is 0.193 e. The van der Waals surface area contributed by atoms with Crippen LogP contribution in [0.25, 0.3) is 0 Å². The minimum absolute atomic E-state index is 0.134. The monoisotopic (exact) mass is 232 g/mol. The Morgan fingerprint density at radius 1 is 1.50 bits per heavy atom. The largest absolute Gasteiger partial charge is 0.449 e. The number of furan rings is 1. The van der Waals surface area contributed by atoms with Crippen LogP contribution in [-0.2, 0) is 5.75 Å². The van der Waals surface area contributed by atoms with Gasteiger partial charge in [0, 0.05) is 5.25 Å². The highest BCUT2D eigenvalue weighted by Gasteiger charge is 2.25. The average molecular weight is 233 g/mol. The van der Waals surface area contributed by atoms with Crippen molar-refractivity contribution in [2.75, 3.05) is 0 Å². The first kappa shape index (κ1) is 10.4. The lowest BCUT2D eigenvalue weighted by Gasteiger charge is -2.12. The fourth-order valence-electron chi connectivity index (χ4n) is 1.72. The smallest absolute Gasteiger partial charge is 0.193 e. The number of thioether (sulfide) groups is 1. The van der Waals surface area contributed by atoms with Gasteiger partial charge in [-0.25, -0.2) is 0 Å². The summed E-state index contributed by atoms with van der Waals surface area (Å²) < 4.78 is 5.24. The second kappa shape index (κ2) is 4.60. The second-order valence-corrected chi connectivity index (χ2v) is 5.15. The van der Waals surface area contributed by atoms with Crippen LogP contribution in [0.5, 0.6) is 0 Å². The molecule has 1 aromatic heterocycles. The molecule has 1 fully saturated rings. The van der Waals surface area contributed by atoms with Gasteiger partial charge in [0.1, 0.15) is 5.76 Å². The summed E-state index contributed by atoms with van der Waals surface area (Å²) in [6.07, 6.45) is 3.06. The van der Waals surface area contributed by atoms with E-state index in [-0.39, 0.29) is 6.10 Å². The zero-order valence-electron chi connectivity index (χ0n) is 7.78. The molecule has 0 saturated heterocycles. The van der Waals surface area contributed by atoms with E-state index in [0.717, 1.165) is 30.8 Å². The van der Waals surface area contributed by atoms with E-state index in [9.17, 15) is 5.11 Å². The van der Waals surface area contributed by atoms with Crippen LogP contribution in [0.2, 0.25) is 5.22 Å². The highest BCUT2D eigenvalue weighted by Crippen LogP contribution is 2.32. The predicted molar refractivity (Wildman–Crippen MR) is 58.7 cm³/mol. The molecule has 14 heavy (non-hydrogen) atoms. The van der Waals surface area contributed by atoms with Crippen LogP contribution in [0.1, 0.15) is 25.0 Å². The first-order valence-corrected chi connectivity index (χ1v) is 6.22. The third-order valence-corrected chi connectivity index (χ3v) is 4.12. The van der Waals surface area contributed by atoms with E-state index in [4.69, 9.17) is 16.0 Å². The minimum atomic E-state index is -0.134. The Kier molecular flexibility index (Phi) is 3.42. The number of hydrogen-bond donors (Lipinski definition) is 1. The molecule has 0 unspecified atom stereocenters. The second-order valence-electron chi connectivity index (χ2n) is 3.55. The first-order chi connectivity index (χ1) is 6.75. The zero-order chi connectivity index (χ0) is 9.97. The lowest BCUT2D eigenvalue weighted by Crippen LogP contribution is -2.15. The molecule has 0 aromatic carbocycles. The van der Waals surface area contributed by atoms with Crippen molar-refractivity contribution in [2.24, 2.45) is 0 Å². The van der Waals surface area contributed by atoms with Gasteiger partial charge in [0.05, 0.1) is 11.9 Å². The van der Waals surface area contributed by atoms with E-state index >= 15 is 0 Å². The molecule has 1 heterocycles. The molecule has 1 saturated carbocycles. The quantitative estimate of drug-likeness (QED) is 0.870. The van der Waals surface area contributed by atoms with Crippen molar-refractivity contribution in [3.8, 4) is 0 Å². The number of aliphatic hydroxyl groups is 1. The van der Waals surface area contributed by atoms with Crippen LogP contribution in [-0.4, -0.2) is 16.5 Å². The van der Waals surface area contributed by atoms with Gasteiger partial charge >= 0.3 is 0 Å². The van der Waals surface area contributed by atoms with Crippen LogP contribution < -0.4 is 0 Å². The van der Waals surface area contributed by atoms with Crippen molar-refractivity contribution in [1.29, 1.82) is 0 Å². The molecule has 78 valence electrons. The van der Waals surface area contributed by atoms with Crippen molar-refractivity contribution < 1.29 is 9.52 Å². The molecule has 2 rings (SSSR count). The molecule has 0 amide bonds. The molecule has 1 N–H and O–H groups in total. The normalized spacial score (nSPS) is 27.0. The van der Waals surface area contributed by atoms with Crippen molar-refractivity contribution >= 4 is 23.4 Å². The van der Waals surface area contributed by atoms with Crippen molar-refractivity contribution in [3.05, 3.63) is 23.1 Å². The molecule has 4 heteroatoms. The summed E-state index contributed by atoms with van der Waals surface area (Å²) in [5.41, 5.74) is 0. The van der Waals surface area contributed by atoms with Crippen LogP contribution in [0.15, 0.2) is 16.5 Å². The maximum atomic E-state index is 9.59. The molecule has 1 aromatic rings. The number of rotatable bonds is 3. The summed E-state index contributed by atoms with van der Waals surface area (Å²) in [5.74, 6) is 1.69. The molecule has 2 atom stereocenters. The Morgan fingerprint density at radius 3 is 2.93 bits per heavy atom. The van der Waals surface area contributed by atoms with E-state index in [0.29, 0.717) is 10.5 Å². The summed E-state index contributed by atoms with van der Waals surface area (Å²) in [5, 5.41) is 10.4. The molecule has 1 aliphatic rings. The summed E-state index contributed by atoms with van der Waals surface area (Å²) in [7, 11) is 0. The van der Waals surface area contributed by atoms with E-state index in [1.165, 1.54) is 0 Å². The fourth-order valence-corrected chi connectivity index (χ4v) is 3.11. The van der Waals surface area contributed by atoms with Gasteiger partial charge in [0.15, 0.2) is 5.22 Å². The Balaban J connectivity index is 1.82. The van der Waals surface area contributed by atoms with Crippen LogP contribution >= 0.6 is 23.4 Å². The Bertz CT molecular complexity index is 300. The number of hydrogen-bond acceptors (Lipinski definition) is 3. The van der Waals surface area contributed by atoms with Gasteiger partial charge in [-0.3, -0.25) is 0 Å². The van der Waals surface area contributed by atoms with Gasteiger partial charge in [-0.15, -0.1) is 11.8 Å².